The van der Waals surface area contributed by atoms with Crippen LogP contribution in [0.5, 0.6) is 0 Å². The van der Waals surface area contributed by atoms with Crippen molar-refractivity contribution in [2.75, 3.05) is 11.9 Å². The lowest BCUT2D eigenvalue weighted by Crippen LogP contribution is -2.10. The van der Waals surface area contributed by atoms with Gasteiger partial charge in [0, 0.05) is 24.0 Å². The van der Waals surface area contributed by atoms with Crippen LogP contribution in [0.2, 0.25) is 0 Å². The van der Waals surface area contributed by atoms with E-state index < -0.39 is 5.95 Å². The van der Waals surface area contributed by atoms with E-state index in [-0.39, 0.29) is 0 Å². The van der Waals surface area contributed by atoms with Gasteiger partial charge in [0.25, 0.3) is 0 Å². The highest BCUT2D eigenvalue weighted by Crippen LogP contribution is 2.17. The quantitative estimate of drug-likeness (QED) is 0.831. The summed E-state index contributed by atoms with van der Waals surface area (Å²) in [5.41, 5.74) is 0. The summed E-state index contributed by atoms with van der Waals surface area (Å²) >= 11 is 1.62. The molecule has 3 nitrogen and oxygen atoms in total. The molecular formula is C11H12FN3S. The molecular weight excluding hydrogens is 225 g/mol. The van der Waals surface area contributed by atoms with Crippen molar-refractivity contribution < 1.29 is 4.39 Å². The van der Waals surface area contributed by atoms with Gasteiger partial charge in [-0.1, -0.05) is 13.0 Å². The molecule has 0 aliphatic carbocycles. The molecule has 0 bridgehead atoms. The van der Waals surface area contributed by atoms with Crippen LogP contribution in [0, 0.1) is 5.95 Å². The third kappa shape index (κ3) is 2.76. The van der Waals surface area contributed by atoms with Crippen LogP contribution in [0.15, 0.2) is 29.8 Å². The van der Waals surface area contributed by atoms with Crippen molar-refractivity contribution in [3.8, 4) is 0 Å². The number of pyridine rings is 1. The zero-order valence-corrected chi connectivity index (χ0v) is 9.67. The van der Waals surface area contributed by atoms with Crippen LogP contribution in [0.1, 0.15) is 17.8 Å². The van der Waals surface area contributed by atoms with Crippen LogP contribution in [-0.2, 0) is 0 Å². The van der Waals surface area contributed by atoms with Gasteiger partial charge >= 0.3 is 0 Å². The average molecular weight is 237 g/mol. The number of nitrogens with one attached hydrogen (secondary N) is 1. The normalized spacial score (nSPS) is 12.4. The van der Waals surface area contributed by atoms with Crippen LogP contribution in [0.3, 0.4) is 0 Å². The third-order valence-corrected chi connectivity index (χ3v) is 3.18. The lowest BCUT2D eigenvalue weighted by atomic mass is 10.2. The number of hydrogen-bond acceptors (Lipinski definition) is 4. The number of hydrogen-bond donors (Lipinski definition) is 1. The summed E-state index contributed by atoms with van der Waals surface area (Å²) in [6, 6.07) is 4.71. The van der Waals surface area contributed by atoms with Gasteiger partial charge in [-0.05, 0) is 12.1 Å². The second-order valence-corrected chi connectivity index (χ2v) is 4.42. The van der Waals surface area contributed by atoms with Crippen LogP contribution < -0.4 is 5.32 Å². The molecule has 0 saturated carbocycles. The number of nitrogens with zero attached hydrogens (tertiary/aromatic N) is 2. The van der Waals surface area contributed by atoms with E-state index in [1.807, 2.05) is 5.38 Å². The number of thiazole rings is 1. The van der Waals surface area contributed by atoms with E-state index in [0.29, 0.717) is 18.3 Å². The Labute approximate surface area is 97.4 Å². The Hall–Kier alpha value is -1.49. The first kappa shape index (κ1) is 11.0. The molecule has 1 unspecified atom stereocenters. The van der Waals surface area contributed by atoms with Crippen molar-refractivity contribution in [3.63, 3.8) is 0 Å². The van der Waals surface area contributed by atoms with Gasteiger partial charge < -0.3 is 5.32 Å². The smallest absolute Gasteiger partial charge is 0.214 e. The molecule has 1 atom stereocenters. The molecule has 0 amide bonds. The molecule has 2 aromatic rings. The molecule has 0 aliphatic heterocycles. The lowest BCUT2D eigenvalue weighted by Gasteiger charge is -2.10. The maximum Gasteiger partial charge on any atom is 0.214 e. The summed E-state index contributed by atoms with van der Waals surface area (Å²) in [7, 11) is 0. The number of aromatic nitrogens is 2. The highest BCUT2D eigenvalue weighted by Gasteiger charge is 2.07. The van der Waals surface area contributed by atoms with Crippen LogP contribution in [0.4, 0.5) is 10.2 Å². The van der Waals surface area contributed by atoms with Crippen molar-refractivity contribution in [3.05, 3.63) is 40.7 Å². The zero-order valence-electron chi connectivity index (χ0n) is 8.85. The van der Waals surface area contributed by atoms with E-state index in [0.717, 1.165) is 5.01 Å². The predicted octanol–water partition coefficient (Wildman–Crippen LogP) is 2.89. The van der Waals surface area contributed by atoms with E-state index in [1.54, 1.807) is 29.7 Å². The summed E-state index contributed by atoms with van der Waals surface area (Å²) < 4.78 is 12.8. The van der Waals surface area contributed by atoms with Gasteiger partial charge in [-0.15, -0.1) is 11.3 Å². The Morgan fingerprint density at radius 3 is 3.06 bits per heavy atom. The van der Waals surface area contributed by atoms with Crippen molar-refractivity contribution in [2.45, 2.75) is 12.8 Å². The molecule has 84 valence electrons. The molecule has 0 aliphatic rings. The summed E-state index contributed by atoms with van der Waals surface area (Å²) in [5.74, 6) is 0.389. The number of rotatable bonds is 4. The van der Waals surface area contributed by atoms with Crippen LogP contribution >= 0.6 is 11.3 Å². The van der Waals surface area contributed by atoms with Crippen molar-refractivity contribution in [2.24, 2.45) is 0 Å². The molecule has 5 heteroatoms. The van der Waals surface area contributed by atoms with Gasteiger partial charge in [-0.2, -0.15) is 4.39 Å². The van der Waals surface area contributed by atoms with Crippen molar-refractivity contribution >= 4 is 17.2 Å². The Kier molecular flexibility index (Phi) is 3.46. The fourth-order valence-corrected chi connectivity index (χ4v) is 2.03. The minimum atomic E-state index is -0.466. The van der Waals surface area contributed by atoms with Gasteiger partial charge in [0.05, 0.1) is 5.01 Å². The van der Waals surface area contributed by atoms with E-state index in [4.69, 9.17) is 0 Å². The summed E-state index contributed by atoms with van der Waals surface area (Å²) in [6.07, 6.45) is 1.79. The van der Waals surface area contributed by atoms with Gasteiger partial charge in [0.15, 0.2) is 0 Å². The van der Waals surface area contributed by atoms with E-state index in [1.165, 1.54) is 6.07 Å². The van der Waals surface area contributed by atoms with Crippen LogP contribution in [-0.4, -0.2) is 16.5 Å². The number of anilines is 1. The fourth-order valence-electron chi connectivity index (χ4n) is 1.33. The minimum Gasteiger partial charge on any atom is -0.369 e. The maximum absolute atomic E-state index is 12.8. The first-order valence-corrected chi connectivity index (χ1v) is 5.89. The van der Waals surface area contributed by atoms with Gasteiger partial charge in [0.2, 0.25) is 5.95 Å². The standard InChI is InChI=1S/C11H12FN3S/c1-8(11-13-5-6-16-11)7-14-10-4-2-3-9(12)15-10/h2-6,8H,7H2,1H3,(H,14,15). The lowest BCUT2D eigenvalue weighted by molar-refractivity contribution is 0.584. The highest BCUT2D eigenvalue weighted by atomic mass is 32.1. The molecule has 1 N–H and O–H groups in total. The predicted molar refractivity (Wildman–Crippen MR) is 63.2 cm³/mol. The second-order valence-electron chi connectivity index (χ2n) is 3.50. The Morgan fingerprint density at radius 2 is 2.38 bits per heavy atom. The summed E-state index contributed by atoms with van der Waals surface area (Å²) in [6.45, 7) is 2.77. The molecule has 2 aromatic heterocycles. The number of halogens is 1. The highest BCUT2D eigenvalue weighted by molar-refractivity contribution is 7.09. The van der Waals surface area contributed by atoms with Gasteiger partial charge in [-0.3, -0.25) is 0 Å². The van der Waals surface area contributed by atoms with Gasteiger partial charge in [-0.25, -0.2) is 9.97 Å². The Morgan fingerprint density at radius 1 is 1.50 bits per heavy atom. The van der Waals surface area contributed by atoms with E-state index >= 15 is 0 Å². The van der Waals surface area contributed by atoms with Crippen LogP contribution in [0.25, 0.3) is 0 Å². The third-order valence-electron chi connectivity index (χ3n) is 2.18. The average Bonchev–Trinajstić information content (AvgIpc) is 2.79. The maximum atomic E-state index is 12.8. The molecule has 0 aromatic carbocycles. The molecule has 2 heterocycles. The SMILES string of the molecule is CC(CNc1cccc(F)n1)c1nccs1. The van der Waals surface area contributed by atoms with Crippen molar-refractivity contribution in [1.29, 1.82) is 0 Å². The summed E-state index contributed by atoms with van der Waals surface area (Å²) in [5, 5.41) is 6.11. The van der Waals surface area contributed by atoms with E-state index in [2.05, 4.69) is 22.2 Å². The molecule has 0 radical (unpaired) electrons. The Bertz CT molecular complexity index is 444. The van der Waals surface area contributed by atoms with Crippen molar-refractivity contribution in [1.82, 2.24) is 9.97 Å². The summed E-state index contributed by atoms with van der Waals surface area (Å²) in [4.78, 5) is 7.96. The van der Waals surface area contributed by atoms with E-state index in [9.17, 15) is 4.39 Å². The Balaban J connectivity index is 1.92. The first-order chi connectivity index (χ1) is 7.75. The second kappa shape index (κ2) is 5.03. The fraction of sp³-hybridized carbons (Fsp3) is 0.273. The largest absolute Gasteiger partial charge is 0.369 e. The molecule has 2 rings (SSSR count). The zero-order chi connectivity index (χ0) is 11.4. The first-order valence-electron chi connectivity index (χ1n) is 5.01. The molecule has 0 fully saturated rings. The monoisotopic (exact) mass is 237 g/mol. The van der Waals surface area contributed by atoms with Gasteiger partial charge in [0.1, 0.15) is 5.82 Å². The molecule has 16 heavy (non-hydrogen) atoms. The molecule has 0 saturated heterocycles. The molecule has 0 spiro atoms. The topological polar surface area (TPSA) is 37.8 Å². The minimum absolute atomic E-state index is 0.296.